The number of fused-ring (bicyclic) bond motifs is 1. The Balaban J connectivity index is 1.67. The molecule has 0 fully saturated rings. The van der Waals surface area contributed by atoms with E-state index < -0.39 is 5.90 Å². The SMILES string of the molecule is CC1=NCC(C)=C1CCc1cc(=O)n2[nH]cc(C([O-])=Nc3ccccc3)c2n1. The first-order chi connectivity index (χ1) is 13.5. The second-order valence-electron chi connectivity index (χ2n) is 6.84. The number of rotatable bonds is 5. The second kappa shape index (κ2) is 7.26. The van der Waals surface area contributed by atoms with Gasteiger partial charge in [0.05, 0.1) is 12.2 Å². The number of H-pyrrole nitrogens is 1. The largest absolute Gasteiger partial charge is 0.858 e. The third-order valence-electron chi connectivity index (χ3n) is 4.90. The van der Waals surface area contributed by atoms with Gasteiger partial charge in [-0.05, 0) is 50.0 Å². The van der Waals surface area contributed by atoms with Crippen LogP contribution >= 0.6 is 0 Å². The van der Waals surface area contributed by atoms with Gasteiger partial charge in [0.2, 0.25) is 0 Å². The zero-order valence-electron chi connectivity index (χ0n) is 15.8. The average molecular weight is 374 g/mol. The molecule has 0 radical (unpaired) electrons. The van der Waals surface area contributed by atoms with Crippen LogP contribution < -0.4 is 10.7 Å². The van der Waals surface area contributed by atoms with Gasteiger partial charge >= 0.3 is 0 Å². The van der Waals surface area contributed by atoms with Crippen molar-refractivity contribution in [3.8, 4) is 0 Å². The number of hydrogen-bond donors (Lipinski definition) is 1. The van der Waals surface area contributed by atoms with E-state index in [-0.39, 0.29) is 11.1 Å². The Hall–Kier alpha value is -3.48. The van der Waals surface area contributed by atoms with Gasteiger partial charge in [0.25, 0.3) is 5.56 Å². The summed E-state index contributed by atoms with van der Waals surface area (Å²) in [6.45, 7) is 4.83. The molecule has 1 aliphatic heterocycles. The fourth-order valence-electron chi connectivity index (χ4n) is 3.38. The first-order valence-corrected chi connectivity index (χ1v) is 9.14. The zero-order valence-corrected chi connectivity index (χ0v) is 15.8. The van der Waals surface area contributed by atoms with E-state index in [0.29, 0.717) is 23.4 Å². The van der Waals surface area contributed by atoms with Crippen molar-refractivity contribution in [3.63, 3.8) is 0 Å². The molecule has 0 aliphatic carbocycles. The molecule has 0 bridgehead atoms. The van der Waals surface area contributed by atoms with E-state index in [1.807, 2.05) is 25.1 Å². The molecular weight excluding hydrogens is 354 g/mol. The third kappa shape index (κ3) is 3.38. The number of hydrogen-bond acceptors (Lipinski definition) is 5. The first-order valence-electron chi connectivity index (χ1n) is 9.14. The monoisotopic (exact) mass is 374 g/mol. The van der Waals surface area contributed by atoms with E-state index in [9.17, 15) is 9.90 Å². The van der Waals surface area contributed by atoms with Crippen molar-refractivity contribution in [3.05, 3.63) is 75.4 Å². The topological polar surface area (TPSA) is 97.9 Å². The second-order valence-corrected chi connectivity index (χ2v) is 6.84. The molecule has 142 valence electrons. The number of aromatic nitrogens is 3. The summed E-state index contributed by atoms with van der Waals surface area (Å²) >= 11 is 0. The summed E-state index contributed by atoms with van der Waals surface area (Å²) in [5.41, 5.74) is 5.07. The summed E-state index contributed by atoms with van der Waals surface area (Å²) in [7, 11) is 0. The molecule has 7 heteroatoms. The van der Waals surface area contributed by atoms with Gasteiger partial charge in [-0.3, -0.25) is 19.9 Å². The van der Waals surface area contributed by atoms with Gasteiger partial charge in [0, 0.05) is 35.1 Å². The minimum atomic E-state index is -0.439. The molecule has 0 amide bonds. The highest BCUT2D eigenvalue weighted by Gasteiger charge is 2.14. The van der Waals surface area contributed by atoms with Gasteiger partial charge in [-0.1, -0.05) is 18.2 Å². The maximum Gasteiger partial charge on any atom is 0.272 e. The highest BCUT2D eigenvalue weighted by atomic mass is 16.3. The van der Waals surface area contributed by atoms with E-state index in [1.54, 1.807) is 12.1 Å². The van der Waals surface area contributed by atoms with Crippen LogP contribution in [0.2, 0.25) is 0 Å². The Labute approximate surface area is 161 Å². The van der Waals surface area contributed by atoms with Gasteiger partial charge in [0.15, 0.2) is 5.65 Å². The van der Waals surface area contributed by atoms with Crippen LogP contribution in [0.4, 0.5) is 5.69 Å². The fourth-order valence-corrected chi connectivity index (χ4v) is 3.38. The van der Waals surface area contributed by atoms with Crippen LogP contribution in [0.1, 0.15) is 31.5 Å². The van der Waals surface area contributed by atoms with Gasteiger partial charge in [-0.2, -0.15) is 0 Å². The highest BCUT2D eigenvalue weighted by Crippen LogP contribution is 2.20. The number of nitrogens with zero attached hydrogens (tertiary/aromatic N) is 4. The fraction of sp³-hybridized carbons (Fsp3) is 0.238. The summed E-state index contributed by atoms with van der Waals surface area (Å²) in [5, 5.41) is 15.4. The van der Waals surface area contributed by atoms with Gasteiger partial charge in [0.1, 0.15) is 0 Å². The molecule has 3 aromatic rings. The lowest BCUT2D eigenvalue weighted by Gasteiger charge is -2.09. The van der Waals surface area contributed by atoms with Crippen LogP contribution in [-0.2, 0) is 6.42 Å². The lowest BCUT2D eigenvalue weighted by molar-refractivity contribution is -0.212. The van der Waals surface area contributed by atoms with Crippen molar-refractivity contribution >= 4 is 22.9 Å². The van der Waals surface area contributed by atoms with Crippen molar-refractivity contribution in [1.82, 2.24) is 14.6 Å². The Morgan fingerprint density at radius 3 is 2.75 bits per heavy atom. The van der Waals surface area contributed by atoms with Crippen LogP contribution in [0.3, 0.4) is 0 Å². The Kier molecular flexibility index (Phi) is 4.65. The molecule has 1 aromatic carbocycles. The molecular formula is C21H20N5O2-. The van der Waals surface area contributed by atoms with Crippen molar-refractivity contribution in [2.75, 3.05) is 6.54 Å². The van der Waals surface area contributed by atoms with Crippen LogP contribution in [0, 0.1) is 0 Å². The molecule has 0 atom stereocenters. The standard InChI is InChI=1S/C21H21N5O2/c1-13-11-22-14(2)17(13)9-8-16-10-19(27)26-20(24-16)18(12-23-26)21(28)25-15-6-4-3-5-7-15/h3-7,10,12,23H,8-9,11H2,1-2H3,(H,25,28)/p-1. The molecule has 0 saturated heterocycles. The number of aryl methyl sites for hydroxylation is 1. The molecule has 7 nitrogen and oxygen atoms in total. The van der Waals surface area contributed by atoms with Crippen LogP contribution in [-0.4, -0.2) is 32.8 Å². The first kappa shape index (κ1) is 17.9. The van der Waals surface area contributed by atoms with Crippen molar-refractivity contribution in [2.45, 2.75) is 26.7 Å². The van der Waals surface area contributed by atoms with Crippen LogP contribution in [0.15, 0.2) is 68.5 Å². The number of para-hydroxylation sites is 1. The van der Waals surface area contributed by atoms with Crippen molar-refractivity contribution in [2.24, 2.45) is 9.98 Å². The number of allylic oxidation sites excluding steroid dienone is 1. The van der Waals surface area contributed by atoms with E-state index >= 15 is 0 Å². The van der Waals surface area contributed by atoms with Crippen LogP contribution in [0.25, 0.3) is 5.65 Å². The molecule has 2 aromatic heterocycles. The predicted octanol–water partition coefficient (Wildman–Crippen LogP) is 2.18. The van der Waals surface area contributed by atoms with Gasteiger partial charge < -0.3 is 5.11 Å². The maximum absolute atomic E-state index is 12.6. The predicted molar refractivity (Wildman–Crippen MR) is 107 cm³/mol. The maximum atomic E-state index is 12.6. The Morgan fingerprint density at radius 1 is 1.25 bits per heavy atom. The minimum Gasteiger partial charge on any atom is -0.858 e. The molecule has 0 unspecified atom stereocenters. The summed E-state index contributed by atoms with van der Waals surface area (Å²) < 4.78 is 1.27. The number of benzene rings is 1. The Morgan fingerprint density at radius 2 is 2.04 bits per heavy atom. The van der Waals surface area contributed by atoms with Gasteiger partial charge in [-0.25, -0.2) is 9.50 Å². The van der Waals surface area contributed by atoms with Crippen molar-refractivity contribution in [1.29, 1.82) is 0 Å². The summed E-state index contributed by atoms with van der Waals surface area (Å²) in [6, 6.07) is 10.5. The van der Waals surface area contributed by atoms with E-state index in [2.05, 4.69) is 27.0 Å². The molecule has 28 heavy (non-hydrogen) atoms. The number of nitrogens with one attached hydrogen (secondary N) is 1. The minimum absolute atomic E-state index is 0.249. The number of aromatic amines is 1. The molecule has 4 rings (SSSR count). The summed E-state index contributed by atoms with van der Waals surface area (Å²) in [6.07, 6.45) is 2.86. The van der Waals surface area contributed by atoms with Crippen LogP contribution in [0.5, 0.6) is 0 Å². The van der Waals surface area contributed by atoms with E-state index in [0.717, 1.165) is 18.7 Å². The normalized spacial score (nSPS) is 14.8. The average Bonchev–Trinajstić information content (AvgIpc) is 3.25. The molecule has 1 N–H and O–H groups in total. The number of aliphatic imine (C=N–C) groups is 2. The van der Waals surface area contributed by atoms with Gasteiger partial charge in [-0.15, -0.1) is 0 Å². The lowest BCUT2D eigenvalue weighted by atomic mass is 10.0. The highest BCUT2D eigenvalue weighted by molar-refractivity contribution is 6.00. The smallest absolute Gasteiger partial charge is 0.272 e. The molecule has 1 aliphatic rings. The quantitative estimate of drug-likeness (QED) is 0.547. The molecule has 3 heterocycles. The molecule has 0 saturated carbocycles. The van der Waals surface area contributed by atoms with E-state index in [1.165, 1.54) is 27.9 Å². The molecule has 0 spiro atoms. The van der Waals surface area contributed by atoms with Crippen molar-refractivity contribution < 1.29 is 5.11 Å². The third-order valence-corrected chi connectivity index (χ3v) is 4.90. The zero-order chi connectivity index (χ0) is 19.7. The summed E-state index contributed by atoms with van der Waals surface area (Å²) in [5.74, 6) is -0.439. The summed E-state index contributed by atoms with van der Waals surface area (Å²) in [4.78, 5) is 25.5. The Bertz CT molecular complexity index is 1180. The van der Waals surface area contributed by atoms with E-state index in [4.69, 9.17) is 0 Å². The lowest BCUT2D eigenvalue weighted by Crippen LogP contribution is -2.20.